The average Bonchev–Trinajstić information content (AvgIpc) is 3.36. The van der Waals surface area contributed by atoms with Crippen molar-refractivity contribution in [2.75, 3.05) is 0 Å². The first-order valence-electron chi connectivity index (χ1n) is 7.52. The van der Waals surface area contributed by atoms with Gasteiger partial charge in [0.25, 0.3) is 0 Å². The SMILES string of the molecule is Clc1ccc(C(c2ccc(Cl)s2)C(c2ccc(Cl)s2)c2ccc(Cl)s2)s1. The van der Waals surface area contributed by atoms with Crippen molar-refractivity contribution in [1.29, 1.82) is 0 Å². The van der Waals surface area contributed by atoms with Crippen LogP contribution in [0.2, 0.25) is 17.3 Å². The van der Waals surface area contributed by atoms with Crippen LogP contribution in [0.15, 0.2) is 48.5 Å². The summed E-state index contributed by atoms with van der Waals surface area (Å²) in [5.41, 5.74) is 0. The third-order valence-electron chi connectivity index (χ3n) is 3.94. The predicted molar refractivity (Wildman–Crippen MR) is 121 cm³/mol. The lowest BCUT2D eigenvalue weighted by atomic mass is 9.87. The Morgan fingerprint density at radius 1 is 0.423 bits per heavy atom. The fraction of sp³-hybridized carbons (Fsp3) is 0.111. The van der Waals surface area contributed by atoms with E-state index in [0.29, 0.717) is 0 Å². The van der Waals surface area contributed by atoms with Gasteiger partial charge in [-0.05, 0) is 48.5 Å². The predicted octanol–water partition coefficient (Wildman–Crippen LogP) is 9.51. The monoisotopic (exact) mass is 494 g/mol. The molecule has 0 unspecified atom stereocenters. The maximum absolute atomic E-state index is 6.26. The van der Waals surface area contributed by atoms with Gasteiger partial charge < -0.3 is 0 Å². The topological polar surface area (TPSA) is 0 Å². The first-order chi connectivity index (χ1) is 12.5. The lowest BCUT2D eigenvalue weighted by Gasteiger charge is -2.24. The highest BCUT2D eigenvalue weighted by Gasteiger charge is 2.32. The third-order valence-corrected chi connectivity index (χ3v) is 9.19. The lowest BCUT2D eigenvalue weighted by Crippen LogP contribution is -2.10. The van der Waals surface area contributed by atoms with Gasteiger partial charge in [-0.25, -0.2) is 0 Å². The van der Waals surface area contributed by atoms with E-state index in [1.165, 1.54) is 19.5 Å². The molecule has 0 N–H and O–H groups in total. The molecule has 0 aliphatic rings. The third kappa shape index (κ3) is 4.03. The van der Waals surface area contributed by atoms with E-state index in [9.17, 15) is 0 Å². The van der Waals surface area contributed by atoms with Crippen LogP contribution in [0, 0.1) is 0 Å². The molecule has 0 atom stereocenters. The van der Waals surface area contributed by atoms with Crippen molar-refractivity contribution in [1.82, 2.24) is 0 Å². The molecule has 8 heteroatoms. The van der Waals surface area contributed by atoms with Gasteiger partial charge in [-0.1, -0.05) is 46.4 Å². The largest absolute Gasteiger partial charge is 0.128 e. The Morgan fingerprint density at radius 3 is 0.808 bits per heavy atom. The summed E-state index contributed by atoms with van der Waals surface area (Å²) in [6.45, 7) is 0. The molecule has 4 aromatic heterocycles. The van der Waals surface area contributed by atoms with Crippen molar-refractivity contribution >= 4 is 91.8 Å². The minimum absolute atomic E-state index is 0.106. The lowest BCUT2D eigenvalue weighted by molar-refractivity contribution is 0.741. The molecule has 0 aromatic carbocycles. The standard InChI is InChI=1S/C18H10Cl4S4/c19-13-5-1-9(23-13)17(10-2-6-14(20)24-10)18(11-3-7-15(21)25-11)12-4-8-16(22)26-12/h1-8,17-18H. The molecule has 0 aliphatic carbocycles. The van der Waals surface area contributed by atoms with Crippen LogP contribution in [0.5, 0.6) is 0 Å². The highest BCUT2D eigenvalue weighted by molar-refractivity contribution is 7.19. The normalized spacial score (nSPS) is 11.8. The molecular formula is C18H10Cl4S4. The summed E-state index contributed by atoms with van der Waals surface area (Å²) in [5, 5.41) is 0. The van der Waals surface area contributed by atoms with E-state index in [4.69, 9.17) is 46.4 Å². The summed E-state index contributed by atoms with van der Waals surface area (Å²) in [4.78, 5) is 4.81. The molecule has 0 nitrogen and oxygen atoms in total. The molecule has 4 rings (SSSR count). The Morgan fingerprint density at radius 2 is 0.654 bits per heavy atom. The average molecular weight is 496 g/mol. The van der Waals surface area contributed by atoms with E-state index in [0.717, 1.165) is 17.3 Å². The van der Waals surface area contributed by atoms with Crippen LogP contribution >= 0.6 is 91.8 Å². The molecule has 0 saturated heterocycles. The van der Waals surface area contributed by atoms with Crippen LogP contribution in [-0.4, -0.2) is 0 Å². The van der Waals surface area contributed by atoms with Crippen molar-refractivity contribution in [2.45, 2.75) is 11.8 Å². The van der Waals surface area contributed by atoms with Crippen LogP contribution in [0.3, 0.4) is 0 Å². The highest BCUT2D eigenvalue weighted by Crippen LogP contribution is 2.51. The number of halogens is 4. The number of hydrogen-bond acceptors (Lipinski definition) is 4. The van der Waals surface area contributed by atoms with Gasteiger partial charge in [-0.3, -0.25) is 0 Å². The Balaban J connectivity index is 1.91. The number of rotatable bonds is 5. The zero-order chi connectivity index (χ0) is 18.3. The summed E-state index contributed by atoms with van der Waals surface area (Å²) in [5.74, 6) is 0.212. The smallest absolute Gasteiger partial charge is 0.0931 e. The highest BCUT2D eigenvalue weighted by atomic mass is 35.5. The molecule has 0 bridgehead atoms. The van der Waals surface area contributed by atoms with Gasteiger partial charge in [0.05, 0.1) is 17.3 Å². The second-order valence-corrected chi connectivity index (χ2v) is 12.5. The van der Waals surface area contributed by atoms with Crippen molar-refractivity contribution in [2.24, 2.45) is 0 Å². The zero-order valence-electron chi connectivity index (χ0n) is 12.9. The molecule has 0 fully saturated rings. The van der Waals surface area contributed by atoms with Gasteiger partial charge in [0.15, 0.2) is 0 Å². The molecule has 4 heterocycles. The van der Waals surface area contributed by atoms with E-state index in [1.54, 1.807) is 45.3 Å². The maximum Gasteiger partial charge on any atom is 0.0931 e. The quantitative estimate of drug-likeness (QED) is 0.258. The fourth-order valence-corrected chi connectivity index (χ4v) is 7.94. The molecule has 0 spiro atoms. The number of hydrogen-bond donors (Lipinski definition) is 0. The first kappa shape index (κ1) is 19.3. The molecule has 26 heavy (non-hydrogen) atoms. The van der Waals surface area contributed by atoms with Crippen LogP contribution in [0.1, 0.15) is 31.3 Å². The number of thiophene rings is 4. The molecule has 4 aromatic rings. The van der Waals surface area contributed by atoms with Crippen molar-refractivity contribution in [3.8, 4) is 0 Å². The van der Waals surface area contributed by atoms with Gasteiger partial charge in [0.2, 0.25) is 0 Å². The van der Waals surface area contributed by atoms with Crippen molar-refractivity contribution in [3.05, 3.63) is 85.4 Å². The molecule has 0 radical (unpaired) electrons. The Hall–Kier alpha value is -0.0400. The minimum atomic E-state index is 0.106. The first-order valence-corrected chi connectivity index (χ1v) is 12.3. The zero-order valence-corrected chi connectivity index (χ0v) is 19.2. The van der Waals surface area contributed by atoms with Gasteiger partial charge >= 0.3 is 0 Å². The van der Waals surface area contributed by atoms with E-state index in [1.807, 2.05) is 24.3 Å². The van der Waals surface area contributed by atoms with Crippen LogP contribution in [0.25, 0.3) is 0 Å². The van der Waals surface area contributed by atoms with Crippen LogP contribution < -0.4 is 0 Å². The summed E-state index contributed by atoms with van der Waals surface area (Å²) in [6, 6.07) is 16.2. The Kier molecular flexibility index (Phi) is 6.04. The van der Waals surface area contributed by atoms with E-state index >= 15 is 0 Å². The Bertz CT molecular complexity index is 863. The summed E-state index contributed by atoms with van der Waals surface area (Å²) < 4.78 is 3.11. The molecule has 0 saturated carbocycles. The fourth-order valence-electron chi connectivity index (χ4n) is 2.92. The minimum Gasteiger partial charge on any atom is -0.128 e. The van der Waals surface area contributed by atoms with E-state index in [2.05, 4.69) is 24.3 Å². The van der Waals surface area contributed by atoms with E-state index < -0.39 is 0 Å². The second-order valence-electron chi connectivity index (χ2n) is 5.52. The van der Waals surface area contributed by atoms with Crippen molar-refractivity contribution in [3.63, 3.8) is 0 Å². The molecular weight excluding hydrogens is 486 g/mol. The van der Waals surface area contributed by atoms with Gasteiger partial charge in [-0.15, -0.1) is 45.3 Å². The second kappa shape index (κ2) is 8.14. The summed E-state index contributed by atoms with van der Waals surface area (Å²) >= 11 is 31.5. The molecule has 0 amide bonds. The van der Waals surface area contributed by atoms with E-state index in [-0.39, 0.29) is 11.8 Å². The molecule has 0 aliphatic heterocycles. The van der Waals surface area contributed by atoms with Gasteiger partial charge in [0.1, 0.15) is 0 Å². The summed E-state index contributed by atoms with van der Waals surface area (Å²) in [7, 11) is 0. The van der Waals surface area contributed by atoms with Gasteiger partial charge in [0, 0.05) is 31.3 Å². The maximum atomic E-state index is 6.26. The van der Waals surface area contributed by atoms with Gasteiger partial charge in [-0.2, -0.15) is 0 Å². The Labute approximate surface area is 187 Å². The van der Waals surface area contributed by atoms with Crippen LogP contribution in [0.4, 0.5) is 0 Å². The molecule has 134 valence electrons. The van der Waals surface area contributed by atoms with Crippen LogP contribution in [-0.2, 0) is 0 Å². The summed E-state index contributed by atoms with van der Waals surface area (Å²) in [6.07, 6.45) is 0. The van der Waals surface area contributed by atoms with Crippen molar-refractivity contribution < 1.29 is 0 Å².